The Morgan fingerprint density at radius 2 is 2.05 bits per heavy atom. The summed E-state index contributed by atoms with van der Waals surface area (Å²) in [4.78, 5) is 0.288. The van der Waals surface area contributed by atoms with E-state index < -0.39 is 10.0 Å². The van der Waals surface area contributed by atoms with Crippen LogP contribution in [0.2, 0.25) is 0 Å². The molecule has 1 fully saturated rings. The van der Waals surface area contributed by atoms with Gasteiger partial charge in [0.05, 0.1) is 4.90 Å². The summed E-state index contributed by atoms with van der Waals surface area (Å²) in [6, 6.07) is 3.59. The second kappa shape index (κ2) is 6.79. The van der Waals surface area contributed by atoms with Crippen LogP contribution in [0.15, 0.2) is 21.5 Å². The Morgan fingerprint density at radius 3 is 2.65 bits per heavy atom. The van der Waals surface area contributed by atoms with Crippen LogP contribution in [-0.4, -0.2) is 26.0 Å². The zero-order valence-corrected chi connectivity index (χ0v) is 14.6. The molecule has 0 saturated carbocycles. The third kappa shape index (κ3) is 3.76. The highest BCUT2D eigenvalue weighted by atomic mass is 79.9. The van der Waals surface area contributed by atoms with Crippen molar-refractivity contribution in [3.05, 3.63) is 27.7 Å². The Labute approximate surface area is 133 Å². The Bertz CT molecular complexity index is 584. The van der Waals surface area contributed by atoms with E-state index in [1.54, 1.807) is 6.07 Å². The van der Waals surface area contributed by atoms with Crippen molar-refractivity contribution < 1.29 is 8.42 Å². The van der Waals surface area contributed by atoms with Crippen molar-refractivity contribution in [1.82, 2.24) is 4.72 Å². The molecule has 0 unspecified atom stereocenters. The van der Waals surface area contributed by atoms with Gasteiger partial charge in [-0.1, -0.05) is 6.07 Å². The summed E-state index contributed by atoms with van der Waals surface area (Å²) in [5.74, 6) is 2.02. The zero-order chi connectivity index (χ0) is 14.8. The number of rotatable bonds is 4. The quantitative estimate of drug-likeness (QED) is 0.843. The average Bonchev–Trinajstić information content (AvgIpc) is 2.42. The molecule has 0 amide bonds. The largest absolute Gasteiger partial charge is 0.326 e. The van der Waals surface area contributed by atoms with Crippen molar-refractivity contribution in [2.75, 3.05) is 11.5 Å². The Balaban J connectivity index is 2.30. The van der Waals surface area contributed by atoms with E-state index in [1.807, 2.05) is 24.8 Å². The molecule has 2 rings (SSSR count). The average molecular weight is 379 g/mol. The van der Waals surface area contributed by atoms with E-state index >= 15 is 0 Å². The van der Waals surface area contributed by atoms with Crippen LogP contribution in [0.4, 0.5) is 0 Å². The van der Waals surface area contributed by atoms with Crippen LogP contribution in [0.1, 0.15) is 24.0 Å². The van der Waals surface area contributed by atoms with Gasteiger partial charge in [-0.2, -0.15) is 11.8 Å². The molecular formula is C13H19BrN2O2S2. The van der Waals surface area contributed by atoms with Crippen LogP contribution in [0.25, 0.3) is 0 Å². The normalized spacial score (nSPS) is 17.4. The lowest BCUT2D eigenvalue weighted by Gasteiger charge is -2.23. The SMILES string of the molecule is Cc1cc(CN)cc(S(=O)(=O)NC2CCSCC2)c1Br. The van der Waals surface area contributed by atoms with E-state index in [0.717, 1.165) is 35.5 Å². The van der Waals surface area contributed by atoms with Gasteiger partial charge < -0.3 is 5.73 Å². The summed E-state index contributed by atoms with van der Waals surface area (Å²) < 4.78 is 28.5. The van der Waals surface area contributed by atoms with Crippen LogP contribution in [0.5, 0.6) is 0 Å². The molecule has 112 valence electrons. The minimum absolute atomic E-state index is 0.0370. The van der Waals surface area contributed by atoms with Crippen molar-refractivity contribution in [2.24, 2.45) is 5.73 Å². The van der Waals surface area contributed by atoms with Gasteiger partial charge in [0.1, 0.15) is 0 Å². The number of hydrogen-bond acceptors (Lipinski definition) is 4. The summed E-state index contributed by atoms with van der Waals surface area (Å²) in [5, 5.41) is 0. The fourth-order valence-corrected chi connectivity index (χ4v) is 5.70. The topological polar surface area (TPSA) is 72.2 Å². The number of halogens is 1. The third-order valence-corrected chi connectivity index (χ3v) is 7.26. The van der Waals surface area contributed by atoms with Gasteiger partial charge in [-0.15, -0.1) is 0 Å². The lowest BCUT2D eigenvalue weighted by atomic mass is 10.1. The first kappa shape index (κ1) is 16.3. The van der Waals surface area contributed by atoms with Gasteiger partial charge in [0.2, 0.25) is 10.0 Å². The Morgan fingerprint density at radius 1 is 1.40 bits per heavy atom. The molecular weight excluding hydrogens is 360 g/mol. The van der Waals surface area contributed by atoms with Gasteiger partial charge in [-0.3, -0.25) is 0 Å². The molecule has 1 saturated heterocycles. The molecule has 7 heteroatoms. The van der Waals surface area contributed by atoms with Crippen molar-refractivity contribution >= 4 is 37.7 Å². The molecule has 0 aliphatic carbocycles. The van der Waals surface area contributed by atoms with Crippen LogP contribution < -0.4 is 10.5 Å². The summed E-state index contributed by atoms with van der Waals surface area (Å²) in [7, 11) is -3.51. The number of benzene rings is 1. The summed E-state index contributed by atoms with van der Waals surface area (Å²) in [6.07, 6.45) is 1.77. The Kier molecular flexibility index (Phi) is 5.53. The third-order valence-electron chi connectivity index (χ3n) is 3.35. The Hall–Kier alpha value is -0.0800. The first-order chi connectivity index (χ1) is 9.44. The van der Waals surface area contributed by atoms with Gasteiger partial charge in [0.25, 0.3) is 0 Å². The molecule has 0 atom stereocenters. The van der Waals surface area contributed by atoms with E-state index in [0.29, 0.717) is 11.0 Å². The van der Waals surface area contributed by atoms with E-state index in [9.17, 15) is 8.42 Å². The van der Waals surface area contributed by atoms with Gasteiger partial charge in [0, 0.05) is 17.1 Å². The highest BCUT2D eigenvalue weighted by Gasteiger charge is 2.24. The minimum atomic E-state index is -3.51. The zero-order valence-electron chi connectivity index (χ0n) is 11.4. The van der Waals surface area contributed by atoms with Gasteiger partial charge in [-0.05, 0) is 64.4 Å². The molecule has 1 aliphatic rings. The molecule has 4 nitrogen and oxygen atoms in total. The number of hydrogen-bond donors (Lipinski definition) is 2. The van der Waals surface area contributed by atoms with Crippen molar-refractivity contribution in [1.29, 1.82) is 0 Å². The number of thioether (sulfide) groups is 1. The van der Waals surface area contributed by atoms with Gasteiger partial charge in [0.15, 0.2) is 0 Å². The molecule has 0 radical (unpaired) electrons. The molecule has 1 aromatic carbocycles. The van der Waals surface area contributed by atoms with E-state index in [2.05, 4.69) is 20.7 Å². The van der Waals surface area contributed by atoms with Crippen molar-refractivity contribution in [2.45, 2.75) is 37.2 Å². The van der Waals surface area contributed by atoms with Crippen LogP contribution >= 0.6 is 27.7 Å². The molecule has 20 heavy (non-hydrogen) atoms. The number of nitrogens with one attached hydrogen (secondary N) is 1. The second-order valence-corrected chi connectivity index (χ2v) is 8.64. The highest BCUT2D eigenvalue weighted by molar-refractivity contribution is 9.10. The monoisotopic (exact) mass is 378 g/mol. The fourth-order valence-electron chi connectivity index (χ4n) is 2.22. The summed E-state index contributed by atoms with van der Waals surface area (Å²) in [5.41, 5.74) is 7.34. The van der Waals surface area contributed by atoms with E-state index in [4.69, 9.17) is 5.73 Å². The van der Waals surface area contributed by atoms with Gasteiger partial charge >= 0.3 is 0 Å². The molecule has 1 aromatic rings. The molecule has 0 aromatic heterocycles. The van der Waals surface area contributed by atoms with Gasteiger partial charge in [-0.25, -0.2) is 13.1 Å². The van der Waals surface area contributed by atoms with Crippen molar-refractivity contribution in [3.63, 3.8) is 0 Å². The van der Waals surface area contributed by atoms with Crippen LogP contribution in [0, 0.1) is 6.92 Å². The lowest BCUT2D eigenvalue weighted by molar-refractivity contribution is 0.528. The van der Waals surface area contributed by atoms with E-state index in [1.165, 1.54) is 0 Å². The van der Waals surface area contributed by atoms with E-state index in [-0.39, 0.29) is 10.9 Å². The first-order valence-corrected chi connectivity index (χ1v) is 9.96. The molecule has 0 bridgehead atoms. The predicted octanol–water partition coefficient (Wildman–Crippen LogP) is 2.39. The second-order valence-electron chi connectivity index (χ2n) is 4.94. The molecule has 3 N–H and O–H groups in total. The smallest absolute Gasteiger partial charge is 0.241 e. The standard InChI is InChI=1S/C13H19BrN2O2S2/c1-9-6-10(8-15)7-12(13(9)14)20(17,18)16-11-2-4-19-5-3-11/h6-7,11,16H,2-5,8,15H2,1H3. The maximum atomic E-state index is 12.6. The minimum Gasteiger partial charge on any atom is -0.326 e. The summed E-state index contributed by atoms with van der Waals surface area (Å²) >= 11 is 5.25. The predicted molar refractivity (Wildman–Crippen MR) is 87.4 cm³/mol. The lowest BCUT2D eigenvalue weighted by Crippen LogP contribution is -2.37. The number of nitrogens with two attached hydrogens (primary N) is 1. The van der Waals surface area contributed by atoms with Crippen molar-refractivity contribution in [3.8, 4) is 0 Å². The molecule has 1 aliphatic heterocycles. The number of sulfonamides is 1. The molecule has 1 heterocycles. The maximum Gasteiger partial charge on any atom is 0.241 e. The first-order valence-electron chi connectivity index (χ1n) is 6.53. The highest BCUT2D eigenvalue weighted by Crippen LogP contribution is 2.28. The maximum absolute atomic E-state index is 12.6. The number of aryl methyl sites for hydroxylation is 1. The molecule has 0 spiro atoms. The summed E-state index contributed by atoms with van der Waals surface area (Å²) in [6.45, 7) is 2.20. The fraction of sp³-hybridized carbons (Fsp3) is 0.538. The van der Waals surface area contributed by atoms with Crippen LogP contribution in [0.3, 0.4) is 0 Å². The van der Waals surface area contributed by atoms with Crippen LogP contribution in [-0.2, 0) is 16.6 Å².